The summed E-state index contributed by atoms with van der Waals surface area (Å²) in [6.07, 6.45) is 11.1. The zero-order valence-electron chi connectivity index (χ0n) is 20.6. The average Bonchev–Trinajstić information content (AvgIpc) is 3.35. The molecule has 6 aromatic rings. The van der Waals surface area contributed by atoms with Crippen molar-refractivity contribution in [3.05, 3.63) is 125 Å². The molecular formula is C36H26O. The first kappa shape index (κ1) is 20.8. The summed E-state index contributed by atoms with van der Waals surface area (Å²) in [4.78, 5) is 0. The topological polar surface area (TPSA) is 13.1 Å². The molecule has 0 saturated carbocycles. The molecule has 0 saturated heterocycles. The molecule has 8 rings (SSSR count). The summed E-state index contributed by atoms with van der Waals surface area (Å²) in [5.41, 5.74) is 10.4. The number of furan rings is 1. The van der Waals surface area contributed by atoms with E-state index < -0.39 is 0 Å². The van der Waals surface area contributed by atoms with Crippen LogP contribution in [0.25, 0.3) is 61.4 Å². The molecule has 0 spiro atoms. The Kier molecular flexibility index (Phi) is 4.54. The summed E-state index contributed by atoms with van der Waals surface area (Å²) >= 11 is 0. The summed E-state index contributed by atoms with van der Waals surface area (Å²) in [7, 11) is 0. The van der Waals surface area contributed by atoms with Gasteiger partial charge in [0.1, 0.15) is 11.3 Å². The SMILES string of the molecule is C1=Cc2c(oc3c2cc(-c2ccc(C4=Cc5c(ccc6ccccc56)CC4)cc2)c2ccccc23)CC1. The summed E-state index contributed by atoms with van der Waals surface area (Å²) in [6.45, 7) is 0. The van der Waals surface area contributed by atoms with Gasteiger partial charge < -0.3 is 4.42 Å². The van der Waals surface area contributed by atoms with Gasteiger partial charge in [-0.1, -0.05) is 103 Å². The van der Waals surface area contributed by atoms with Crippen LogP contribution in [0.2, 0.25) is 0 Å². The van der Waals surface area contributed by atoms with Gasteiger partial charge in [-0.25, -0.2) is 0 Å². The Morgan fingerprint density at radius 1 is 0.595 bits per heavy atom. The van der Waals surface area contributed by atoms with Crippen LogP contribution in [0.1, 0.15) is 40.9 Å². The summed E-state index contributed by atoms with van der Waals surface area (Å²) in [5, 5.41) is 6.33. The second-order valence-electron chi connectivity index (χ2n) is 10.3. The first-order chi connectivity index (χ1) is 18.3. The fourth-order valence-electron chi connectivity index (χ4n) is 6.35. The lowest BCUT2D eigenvalue weighted by Gasteiger charge is -2.19. The van der Waals surface area contributed by atoms with E-state index >= 15 is 0 Å². The predicted octanol–water partition coefficient (Wildman–Crippen LogP) is 9.85. The zero-order chi connectivity index (χ0) is 24.3. The lowest BCUT2D eigenvalue weighted by atomic mass is 9.85. The van der Waals surface area contributed by atoms with E-state index in [9.17, 15) is 0 Å². The minimum atomic E-state index is 0.979. The Morgan fingerprint density at radius 2 is 1.38 bits per heavy atom. The molecule has 0 bridgehead atoms. The Morgan fingerprint density at radius 3 is 2.27 bits per heavy atom. The van der Waals surface area contributed by atoms with Crippen molar-refractivity contribution in [3.8, 4) is 11.1 Å². The lowest BCUT2D eigenvalue weighted by molar-refractivity contribution is 0.549. The van der Waals surface area contributed by atoms with Crippen molar-refractivity contribution in [2.75, 3.05) is 0 Å². The van der Waals surface area contributed by atoms with Crippen molar-refractivity contribution >= 4 is 50.2 Å². The van der Waals surface area contributed by atoms with Gasteiger partial charge in [-0.05, 0) is 74.9 Å². The zero-order valence-corrected chi connectivity index (χ0v) is 20.6. The standard InChI is InChI=1S/C36H26O/c1-2-8-28-24(7-1)17-18-25-19-20-27(21-32(25)28)23-13-15-26(16-14-23)33-22-34-30-10-5-6-12-35(30)37-36(34)31-11-4-3-9-29(31)33/h1-5,7-11,13-18,21-22H,6,12,19-20H2. The number of benzene rings is 5. The summed E-state index contributed by atoms with van der Waals surface area (Å²) in [5.74, 6) is 1.12. The maximum Gasteiger partial charge on any atom is 0.142 e. The highest BCUT2D eigenvalue weighted by Crippen LogP contribution is 2.41. The largest absolute Gasteiger partial charge is 0.460 e. The van der Waals surface area contributed by atoms with Crippen LogP contribution in [0.15, 0.2) is 101 Å². The minimum Gasteiger partial charge on any atom is -0.460 e. The van der Waals surface area contributed by atoms with E-state index in [0.29, 0.717) is 0 Å². The molecule has 0 aliphatic heterocycles. The molecule has 176 valence electrons. The highest BCUT2D eigenvalue weighted by atomic mass is 16.3. The van der Waals surface area contributed by atoms with E-state index in [1.54, 1.807) is 0 Å². The van der Waals surface area contributed by atoms with Crippen molar-refractivity contribution in [2.24, 2.45) is 0 Å². The number of fused-ring (bicyclic) bond motifs is 8. The fraction of sp³-hybridized carbons (Fsp3) is 0.111. The van der Waals surface area contributed by atoms with Crippen molar-refractivity contribution in [1.82, 2.24) is 0 Å². The van der Waals surface area contributed by atoms with E-state index in [2.05, 4.69) is 109 Å². The highest BCUT2D eigenvalue weighted by molar-refractivity contribution is 6.13. The Balaban J connectivity index is 1.25. The van der Waals surface area contributed by atoms with Crippen molar-refractivity contribution in [3.63, 3.8) is 0 Å². The van der Waals surface area contributed by atoms with Crippen LogP contribution >= 0.6 is 0 Å². The summed E-state index contributed by atoms with van der Waals surface area (Å²) in [6, 6.07) is 33.5. The molecule has 1 aromatic heterocycles. The van der Waals surface area contributed by atoms with Gasteiger partial charge in [-0.2, -0.15) is 0 Å². The van der Waals surface area contributed by atoms with Crippen molar-refractivity contribution in [2.45, 2.75) is 25.7 Å². The quantitative estimate of drug-likeness (QED) is 0.243. The third-order valence-corrected chi connectivity index (χ3v) is 8.24. The second-order valence-corrected chi connectivity index (χ2v) is 10.3. The van der Waals surface area contributed by atoms with Crippen LogP contribution in [0.3, 0.4) is 0 Å². The highest BCUT2D eigenvalue weighted by Gasteiger charge is 2.19. The lowest BCUT2D eigenvalue weighted by Crippen LogP contribution is -2.00. The maximum atomic E-state index is 6.39. The van der Waals surface area contributed by atoms with Gasteiger partial charge in [0, 0.05) is 22.8 Å². The van der Waals surface area contributed by atoms with Gasteiger partial charge in [0.2, 0.25) is 0 Å². The van der Waals surface area contributed by atoms with Crippen molar-refractivity contribution in [1.29, 1.82) is 0 Å². The van der Waals surface area contributed by atoms with E-state index in [1.165, 1.54) is 65.9 Å². The van der Waals surface area contributed by atoms with Gasteiger partial charge in [-0.3, -0.25) is 0 Å². The number of hydrogen-bond acceptors (Lipinski definition) is 1. The Hall–Kier alpha value is -4.36. The van der Waals surface area contributed by atoms with Crippen LogP contribution in [0, 0.1) is 0 Å². The van der Waals surface area contributed by atoms with Crippen LogP contribution < -0.4 is 0 Å². The number of allylic oxidation sites excluding steroid dienone is 2. The smallest absolute Gasteiger partial charge is 0.142 e. The molecule has 0 atom stereocenters. The first-order valence-electron chi connectivity index (χ1n) is 13.3. The molecule has 1 heteroatoms. The number of rotatable bonds is 2. The van der Waals surface area contributed by atoms with Gasteiger partial charge in [0.15, 0.2) is 0 Å². The average molecular weight is 475 g/mol. The monoisotopic (exact) mass is 474 g/mol. The second kappa shape index (κ2) is 8.08. The molecule has 0 fully saturated rings. The Labute approximate surface area is 216 Å². The summed E-state index contributed by atoms with van der Waals surface area (Å²) < 4.78 is 6.39. The number of hydrogen-bond donors (Lipinski definition) is 0. The third kappa shape index (κ3) is 3.24. The van der Waals surface area contributed by atoms with Crippen LogP contribution in [0.5, 0.6) is 0 Å². The molecule has 1 nitrogen and oxygen atoms in total. The molecular weight excluding hydrogens is 448 g/mol. The first-order valence-corrected chi connectivity index (χ1v) is 13.3. The van der Waals surface area contributed by atoms with Gasteiger partial charge in [0.25, 0.3) is 0 Å². The van der Waals surface area contributed by atoms with Gasteiger partial charge >= 0.3 is 0 Å². The normalized spacial score (nSPS) is 14.6. The minimum absolute atomic E-state index is 0.979. The van der Waals surface area contributed by atoms with E-state index in [0.717, 1.165) is 37.0 Å². The predicted molar refractivity (Wildman–Crippen MR) is 157 cm³/mol. The Bertz CT molecular complexity index is 1910. The van der Waals surface area contributed by atoms with Gasteiger partial charge in [-0.15, -0.1) is 0 Å². The molecule has 5 aromatic carbocycles. The molecule has 0 N–H and O–H groups in total. The fourth-order valence-corrected chi connectivity index (χ4v) is 6.35. The third-order valence-electron chi connectivity index (χ3n) is 8.24. The molecule has 0 radical (unpaired) electrons. The molecule has 37 heavy (non-hydrogen) atoms. The van der Waals surface area contributed by atoms with E-state index in [-0.39, 0.29) is 0 Å². The molecule has 2 aliphatic rings. The van der Waals surface area contributed by atoms with Gasteiger partial charge in [0.05, 0.1) is 0 Å². The molecule has 2 aliphatic carbocycles. The maximum absolute atomic E-state index is 6.39. The molecule has 0 unspecified atom stereocenters. The van der Waals surface area contributed by atoms with E-state index in [1.807, 2.05) is 0 Å². The molecule has 1 heterocycles. The van der Waals surface area contributed by atoms with Crippen LogP contribution in [-0.4, -0.2) is 0 Å². The number of aryl methyl sites for hydroxylation is 2. The van der Waals surface area contributed by atoms with E-state index in [4.69, 9.17) is 4.42 Å². The van der Waals surface area contributed by atoms with Crippen LogP contribution in [0.4, 0.5) is 0 Å². The van der Waals surface area contributed by atoms with Crippen LogP contribution in [-0.2, 0) is 12.8 Å². The molecule has 0 amide bonds. The van der Waals surface area contributed by atoms with Crippen molar-refractivity contribution < 1.29 is 4.42 Å².